The van der Waals surface area contributed by atoms with Gasteiger partial charge in [0, 0.05) is 4.47 Å². The van der Waals surface area contributed by atoms with Crippen molar-refractivity contribution in [1.29, 1.82) is 0 Å². The maximum absolute atomic E-state index is 12.2. The maximum Gasteiger partial charge on any atom is 0.276 e. The molecule has 0 amide bonds. The summed E-state index contributed by atoms with van der Waals surface area (Å²) in [5.41, 5.74) is 2.11. The summed E-state index contributed by atoms with van der Waals surface area (Å²) in [6, 6.07) is 13.9. The van der Waals surface area contributed by atoms with Crippen LogP contribution >= 0.6 is 15.9 Å². The highest BCUT2D eigenvalue weighted by molar-refractivity contribution is 9.10. The Hall–Kier alpha value is -2.19. The maximum atomic E-state index is 12.2. The molecule has 0 aliphatic carbocycles. The second kappa shape index (κ2) is 6.13. The number of halogens is 1. The van der Waals surface area contributed by atoms with Crippen LogP contribution in [-0.4, -0.2) is 24.1 Å². The zero-order valence-electron chi connectivity index (χ0n) is 12.1. The van der Waals surface area contributed by atoms with E-state index in [9.17, 15) is 8.42 Å². The highest BCUT2D eigenvalue weighted by atomic mass is 79.9. The Morgan fingerprint density at radius 1 is 1.17 bits per heavy atom. The molecule has 2 aromatic carbocycles. The van der Waals surface area contributed by atoms with Crippen LogP contribution in [0.2, 0.25) is 0 Å². The zero-order chi connectivity index (χ0) is 16.4. The first kappa shape index (κ1) is 15.7. The molecular formula is C15H13BrN4O2S. The molecule has 6 nitrogen and oxygen atoms in total. The van der Waals surface area contributed by atoms with Crippen LogP contribution < -0.4 is 4.83 Å². The first-order chi connectivity index (χ1) is 11.0. The Labute approximate surface area is 141 Å². The number of hydrogen-bond acceptors (Lipinski definition) is 4. The van der Waals surface area contributed by atoms with Crippen LogP contribution in [0.15, 0.2) is 63.0 Å². The Balaban J connectivity index is 1.84. The van der Waals surface area contributed by atoms with E-state index in [4.69, 9.17) is 0 Å². The summed E-state index contributed by atoms with van der Waals surface area (Å²) in [4.78, 5) is 9.83. The summed E-state index contributed by atoms with van der Waals surface area (Å²) in [6.07, 6.45) is 0. The van der Waals surface area contributed by atoms with E-state index in [-0.39, 0.29) is 4.90 Å². The van der Waals surface area contributed by atoms with Gasteiger partial charge in [-0.05, 0) is 43.3 Å². The van der Waals surface area contributed by atoms with E-state index in [1.807, 2.05) is 24.3 Å². The van der Waals surface area contributed by atoms with Crippen LogP contribution in [0.1, 0.15) is 12.7 Å². The number of imidazole rings is 1. The smallest absolute Gasteiger partial charge is 0.276 e. The van der Waals surface area contributed by atoms with Crippen molar-refractivity contribution in [3.8, 4) is 0 Å². The summed E-state index contributed by atoms with van der Waals surface area (Å²) in [5.74, 6) is 0.518. The van der Waals surface area contributed by atoms with Gasteiger partial charge in [0.1, 0.15) is 5.71 Å². The quantitative estimate of drug-likeness (QED) is 0.528. The zero-order valence-corrected chi connectivity index (χ0v) is 14.5. The van der Waals surface area contributed by atoms with Crippen molar-refractivity contribution in [2.45, 2.75) is 11.8 Å². The third kappa shape index (κ3) is 3.43. The number of hydrazone groups is 1. The van der Waals surface area contributed by atoms with Crippen molar-refractivity contribution in [2.24, 2.45) is 5.10 Å². The molecule has 0 saturated heterocycles. The fourth-order valence-corrected chi connectivity index (χ4v) is 3.09. The SMILES string of the molecule is C/C(=N\NS(=O)(=O)c1ccc(Br)cc1)c1nc2ccccc2[nH]1. The number of sulfonamides is 1. The lowest BCUT2D eigenvalue weighted by atomic mass is 10.3. The van der Waals surface area contributed by atoms with E-state index >= 15 is 0 Å². The molecule has 3 aromatic rings. The molecule has 2 N–H and O–H groups in total. The van der Waals surface area contributed by atoms with Crippen LogP contribution in [0.3, 0.4) is 0 Å². The van der Waals surface area contributed by atoms with E-state index in [0.717, 1.165) is 15.5 Å². The second-order valence-corrected chi connectivity index (χ2v) is 7.42. The van der Waals surface area contributed by atoms with E-state index in [2.05, 4.69) is 35.8 Å². The lowest BCUT2D eigenvalue weighted by Crippen LogP contribution is -2.20. The molecule has 0 saturated carbocycles. The topological polar surface area (TPSA) is 87.2 Å². The van der Waals surface area contributed by atoms with Crippen LogP contribution in [0, 0.1) is 0 Å². The molecular weight excluding hydrogens is 380 g/mol. The van der Waals surface area contributed by atoms with Crippen LogP contribution in [0.4, 0.5) is 0 Å². The third-order valence-electron chi connectivity index (χ3n) is 3.19. The fourth-order valence-electron chi connectivity index (χ4n) is 1.97. The van der Waals surface area contributed by atoms with Gasteiger partial charge in [0.2, 0.25) is 0 Å². The molecule has 0 aliphatic rings. The molecule has 0 radical (unpaired) electrons. The minimum atomic E-state index is -3.71. The third-order valence-corrected chi connectivity index (χ3v) is 4.94. The number of aromatic amines is 1. The molecule has 0 aliphatic heterocycles. The number of aromatic nitrogens is 2. The minimum Gasteiger partial charge on any atom is -0.337 e. The predicted molar refractivity (Wildman–Crippen MR) is 92.8 cm³/mol. The van der Waals surface area contributed by atoms with Gasteiger partial charge in [-0.3, -0.25) is 0 Å². The molecule has 0 spiro atoms. The number of benzene rings is 2. The normalized spacial score (nSPS) is 12.5. The standard InChI is InChI=1S/C15H13BrN4O2S/c1-10(15-17-13-4-2-3-5-14(13)18-15)19-20-23(21,22)12-8-6-11(16)7-9-12/h2-9,20H,1H3,(H,17,18)/b19-10+. The van der Waals surface area contributed by atoms with Gasteiger partial charge in [-0.15, -0.1) is 0 Å². The number of H-pyrrole nitrogens is 1. The number of hydrogen-bond donors (Lipinski definition) is 2. The monoisotopic (exact) mass is 392 g/mol. The predicted octanol–water partition coefficient (Wildman–Crippen LogP) is 3.03. The summed E-state index contributed by atoms with van der Waals surface area (Å²) < 4.78 is 25.2. The van der Waals surface area contributed by atoms with E-state index in [0.29, 0.717) is 11.5 Å². The Morgan fingerprint density at radius 3 is 2.57 bits per heavy atom. The summed E-state index contributed by atoms with van der Waals surface area (Å²) in [6.45, 7) is 1.68. The lowest BCUT2D eigenvalue weighted by Gasteiger charge is -2.04. The fraction of sp³-hybridized carbons (Fsp3) is 0.0667. The van der Waals surface area contributed by atoms with Crippen molar-refractivity contribution < 1.29 is 8.42 Å². The Morgan fingerprint density at radius 2 is 1.87 bits per heavy atom. The molecule has 8 heteroatoms. The molecule has 1 heterocycles. The van der Waals surface area contributed by atoms with Crippen molar-refractivity contribution >= 4 is 42.7 Å². The van der Waals surface area contributed by atoms with Crippen molar-refractivity contribution in [2.75, 3.05) is 0 Å². The van der Waals surface area contributed by atoms with E-state index in [1.165, 1.54) is 12.1 Å². The lowest BCUT2D eigenvalue weighted by molar-refractivity contribution is 0.584. The van der Waals surface area contributed by atoms with Gasteiger partial charge < -0.3 is 4.98 Å². The van der Waals surface area contributed by atoms with Gasteiger partial charge in [-0.25, -0.2) is 4.98 Å². The molecule has 0 atom stereocenters. The minimum absolute atomic E-state index is 0.141. The highest BCUT2D eigenvalue weighted by Gasteiger charge is 2.13. The van der Waals surface area contributed by atoms with Gasteiger partial charge >= 0.3 is 0 Å². The number of para-hydroxylation sites is 2. The summed E-state index contributed by atoms with van der Waals surface area (Å²) in [5, 5.41) is 3.93. The van der Waals surface area contributed by atoms with Crippen LogP contribution in [0.5, 0.6) is 0 Å². The molecule has 0 bridgehead atoms. The Bertz CT molecular complexity index is 945. The summed E-state index contributed by atoms with van der Waals surface area (Å²) >= 11 is 3.27. The van der Waals surface area contributed by atoms with Gasteiger partial charge in [0.15, 0.2) is 5.82 Å². The van der Waals surface area contributed by atoms with Crippen LogP contribution in [-0.2, 0) is 10.0 Å². The average Bonchev–Trinajstić information content (AvgIpc) is 2.97. The molecule has 118 valence electrons. The average molecular weight is 393 g/mol. The molecule has 0 unspecified atom stereocenters. The van der Waals surface area contributed by atoms with Gasteiger partial charge in [-0.1, -0.05) is 28.1 Å². The Kier molecular flexibility index (Phi) is 4.18. The first-order valence-corrected chi connectivity index (χ1v) is 9.00. The number of nitrogens with one attached hydrogen (secondary N) is 2. The van der Waals surface area contributed by atoms with E-state index < -0.39 is 10.0 Å². The molecule has 23 heavy (non-hydrogen) atoms. The first-order valence-electron chi connectivity index (χ1n) is 6.72. The summed E-state index contributed by atoms with van der Waals surface area (Å²) in [7, 11) is -3.71. The number of fused-ring (bicyclic) bond motifs is 1. The van der Waals surface area contributed by atoms with Crippen molar-refractivity contribution in [3.63, 3.8) is 0 Å². The van der Waals surface area contributed by atoms with Crippen LogP contribution in [0.25, 0.3) is 11.0 Å². The van der Waals surface area contributed by atoms with E-state index in [1.54, 1.807) is 19.1 Å². The molecule has 1 aromatic heterocycles. The van der Waals surface area contributed by atoms with Gasteiger partial charge in [0.05, 0.1) is 15.9 Å². The largest absolute Gasteiger partial charge is 0.337 e. The highest BCUT2D eigenvalue weighted by Crippen LogP contribution is 2.15. The van der Waals surface area contributed by atoms with Gasteiger partial charge in [0.25, 0.3) is 10.0 Å². The molecule has 3 rings (SSSR count). The van der Waals surface area contributed by atoms with Crippen molar-refractivity contribution in [3.05, 3.63) is 58.8 Å². The van der Waals surface area contributed by atoms with Crippen molar-refractivity contribution in [1.82, 2.24) is 14.8 Å². The number of nitrogens with zero attached hydrogens (tertiary/aromatic N) is 2. The number of rotatable bonds is 4. The second-order valence-electron chi connectivity index (χ2n) is 4.85. The van der Waals surface area contributed by atoms with Gasteiger partial charge in [-0.2, -0.15) is 18.4 Å². The molecule has 0 fully saturated rings.